The van der Waals surface area contributed by atoms with E-state index in [0.29, 0.717) is 18.4 Å². The standard InChI is InChI=1S/C10H14BrNO2S/c1-10(2,3)9-12-7(4-11)8(15-9)5-14-6-13/h6H,4-5H2,1-3H3. The SMILES string of the molecule is CC(C)(C)c1nc(CBr)c(COC=O)s1. The van der Waals surface area contributed by atoms with Crippen LogP contribution in [-0.4, -0.2) is 11.5 Å². The van der Waals surface area contributed by atoms with Crippen molar-refractivity contribution in [3.05, 3.63) is 15.6 Å². The lowest BCUT2D eigenvalue weighted by atomic mass is 9.98. The summed E-state index contributed by atoms with van der Waals surface area (Å²) >= 11 is 4.99. The van der Waals surface area contributed by atoms with Gasteiger partial charge in [-0.3, -0.25) is 4.79 Å². The number of thiazole rings is 1. The number of carbonyl (C=O) groups is 1. The number of aromatic nitrogens is 1. The minimum Gasteiger partial charge on any atom is -0.462 e. The molecule has 0 spiro atoms. The van der Waals surface area contributed by atoms with Crippen LogP contribution in [0, 0.1) is 0 Å². The van der Waals surface area contributed by atoms with Crippen LogP contribution in [-0.2, 0) is 26.9 Å². The van der Waals surface area contributed by atoms with Crippen molar-refractivity contribution in [1.82, 2.24) is 4.98 Å². The molecule has 0 aliphatic heterocycles. The highest BCUT2D eigenvalue weighted by Gasteiger charge is 2.21. The van der Waals surface area contributed by atoms with E-state index in [1.807, 2.05) is 0 Å². The highest BCUT2D eigenvalue weighted by atomic mass is 79.9. The Morgan fingerprint density at radius 1 is 1.53 bits per heavy atom. The third-order valence-electron chi connectivity index (χ3n) is 1.83. The number of carbonyl (C=O) groups excluding carboxylic acids is 1. The number of nitrogens with zero attached hydrogens (tertiary/aromatic N) is 1. The van der Waals surface area contributed by atoms with Gasteiger partial charge in [0.25, 0.3) is 6.47 Å². The number of alkyl halides is 1. The van der Waals surface area contributed by atoms with Gasteiger partial charge in [0.2, 0.25) is 0 Å². The molecule has 0 saturated heterocycles. The first-order chi connectivity index (χ1) is 6.99. The summed E-state index contributed by atoms with van der Waals surface area (Å²) in [7, 11) is 0. The molecule has 1 aromatic rings. The predicted octanol–water partition coefficient (Wildman–Crippen LogP) is 3.01. The monoisotopic (exact) mass is 291 g/mol. The lowest BCUT2D eigenvalue weighted by molar-refractivity contribution is -0.129. The normalized spacial score (nSPS) is 11.5. The molecule has 1 heterocycles. The maximum Gasteiger partial charge on any atom is 0.293 e. The third-order valence-corrected chi connectivity index (χ3v) is 3.86. The number of rotatable bonds is 4. The second-order valence-electron chi connectivity index (χ2n) is 4.18. The molecular weight excluding hydrogens is 278 g/mol. The van der Waals surface area contributed by atoms with Crippen LogP contribution < -0.4 is 0 Å². The van der Waals surface area contributed by atoms with Gasteiger partial charge in [0.15, 0.2) is 0 Å². The molecule has 3 nitrogen and oxygen atoms in total. The molecule has 1 rings (SSSR count). The van der Waals surface area contributed by atoms with Gasteiger partial charge in [0.1, 0.15) is 6.61 Å². The smallest absolute Gasteiger partial charge is 0.293 e. The van der Waals surface area contributed by atoms with Crippen molar-refractivity contribution in [2.24, 2.45) is 0 Å². The lowest BCUT2D eigenvalue weighted by Crippen LogP contribution is -2.10. The summed E-state index contributed by atoms with van der Waals surface area (Å²) in [5, 5.41) is 1.76. The number of ether oxygens (including phenoxy) is 1. The van der Waals surface area contributed by atoms with E-state index >= 15 is 0 Å². The molecule has 15 heavy (non-hydrogen) atoms. The van der Waals surface area contributed by atoms with E-state index in [4.69, 9.17) is 4.74 Å². The van der Waals surface area contributed by atoms with E-state index in [1.165, 1.54) is 0 Å². The van der Waals surface area contributed by atoms with Gasteiger partial charge in [-0.05, 0) is 0 Å². The Morgan fingerprint density at radius 3 is 2.67 bits per heavy atom. The van der Waals surface area contributed by atoms with Crippen molar-refractivity contribution >= 4 is 33.7 Å². The fraction of sp³-hybridized carbons (Fsp3) is 0.600. The summed E-state index contributed by atoms with van der Waals surface area (Å²) in [5.41, 5.74) is 1.01. The largest absolute Gasteiger partial charge is 0.462 e. The lowest BCUT2D eigenvalue weighted by Gasteiger charge is -2.13. The number of hydrogen-bond acceptors (Lipinski definition) is 4. The topological polar surface area (TPSA) is 39.2 Å². The van der Waals surface area contributed by atoms with Gasteiger partial charge >= 0.3 is 0 Å². The molecule has 84 valence electrons. The second-order valence-corrected chi connectivity index (χ2v) is 5.82. The molecule has 0 aliphatic rings. The van der Waals surface area contributed by atoms with Gasteiger partial charge in [-0.1, -0.05) is 36.7 Å². The highest BCUT2D eigenvalue weighted by Crippen LogP contribution is 2.30. The van der Waals surface area contributed by atoms with Crippen molar-refractivity contribution in [3.8, 4) is 0 Å². The first kappa shape index (κ1) is 12.6. The van der Waals surface area contributed by atoms with Crippen molar-refractivity contribution in [1.29, 1.82) is 0 Å². The summed E-state index contributed by atoms with van der Waals surface area (Å²) < 4.78 is 4.76. The molecule has 0 radical (unpaired) electrons. The van der Waals surface area contributed by atoms with Crippen molar-refractivity contribution in [2.45, 2.75) is 38.1 Å². The fourth-order valence-electron chi connectivity index (χ4n) is 1.03. The minimum absolute atomic E-state index is 0.0427. The van der Waals surface area contributed by atoms with Crippen LogP contribution in [0.1, 0.15) is 36.3 Å². The average Bonchev–Trinajstić information content (AvgIpc) is 2.57. The van der Waals surface area contributed by atoms with E-state index in [9.17, 15) is 4.79 Å². The zero-order valence-electron chi connectivity index (χ0n) is 9.04. The third kappa shape index (κ3) is 3.28. The summed E-state index contributed by atoms with van der Waals surface area (Å²) in [4.78, 5) is 15.7. The van der Waals surface area contributed by atoms with E-state index in [-0.39, 0.29) is 5.41 Å². The maximum absolute atomic E-state index is 10.1. The van der Waals surface area contributed by atoms with Gasteiger partial charge in [0.05, 0.1) is 15.6 Å². The second kappa shape index (κ2) is 5.07. The van der Waals surface area contributed by atoms with Crippen LogP contribution in [0.2, 0.25) is 0 Å². The summed E-state index contributed by atoms with van der Waals surface area (Å²) in [5.74, 6) is 0. The van der Waals surface area contributed by atoms with Gasteiger partial charge in [0, 0.05) is 10.7 Å². The molecule has 1 aromatic heterocycles. The van der Waals surface area contributed by atoms with E-state index in [0.717, 1.165) is 15.6 Å². The van der Waals surface area contributed by atoms with E-state index in [1.54, 1.807) is 11.3 Å². The number of halogens is 1. The number of hydrogen-bond donors (Lipinski definition) is 0. The van der Waals surface area contributed by atoms with Gasteiger partial charge in [-0.2, -0.15) is 0 Å². The summed E-state index contributed by atoms with van der Waals surface area (Å²) in [6.07, 6.45) is 0. The average molecular weight is 292 g/mol. The van der Waals surface area contributed by atoms with Gasteiger partial charge < -0.3 is 4.74 Å². The van der Waals surface area contributed by atoms with Crippen LogP contribution in [0.3, 0.4) is 0 Å². The minimum atomic E-state index is 0.0427. The Morgan fingerprint density at radius 2 is 2.20 bits per heavy atom. The molecule has 0 N–H and O–H groups in total. The Labute approximate surface area is 102 Å². The molecule has 0 unspecified atom stereocenters. The molecule has 0 atom stereocenters. The molecule has 0 aliphatic carbocycles. The Kier molecular flexibility index (Phi) is 4.28. The van der Waals surface area contributed by atoms with E-state index in [2.05, 4.69) is 41.7 Å². The Balaban J connectivity index is 2.95. The molecule has 5 heteroatoms. The Bertz CT molecular complexity index is 344. The predicted molar refractivity (Wildman–Crippen MR) is 64.3 cm³/mol. The molecule has 0 fully saturated rings. The van der Waals surface area contributed by atoms with E-state index < -0.39 is 0 Å². The van der Waals surface area contributed by atoms with Crippen molar-refractivity contribution in [3.63, 3.8) is 0 Å². The highest BCUT2D eigenvalue weighted by molar-refractivity contribution is 9.08. The summed E-state index contributed by atoms with van der Waals surface area (Å²) in [6, 6.07) is 0. The quantitative estimate of drug-likeness (QED) is 0.632. The van der Waals surface area contributed by atoms with Gasteiger partial charge in [-0.15, -0.1) is 11.3 Å². The molecule has 0 saturated carbocycles. The van der Waals surface area contributed by atoms with Gasteiger partial charge in [-0.25, -0.2) is 4.98 Å². The summed E-state index contributed by atoms with van der Waals surface area (Å²) in [6.45, 7) is 7.14. The Hall–Kier alpha value is -0.420. The zero-order chi connectivity index (χ0) is 11.5. The van der Waals surface area contributed by atoms with Crippen LogP contribution in [0.15, 0.2) is 0 Å². The molecular formula is C10H14BrNO2S. The first-order valence-corrected chi connectivity index (χ1v) is 6.53. The van der Waals surface area contributed by atoms with Crippen LogP contribution in [0.5, 0.6) is 0 Å². The van der Waals surface area contributed by atoms with Crippen LogP contribution >= 0.6 is 27.3 Å². The van der Waals surface area contributed by atoms with Crippen molar-refractivity contribution in [2.75, 3.05) is 0 Å². The zero-order valence-corrected chi connectivity index (χ0v) is 11.4. The molecule has 0 amide bonds. The maximum atomic E-state index is 10.1. The molecule has 0 bridgehead atoms. The van der Waals surface area contributed by atoms with Crippen molar-refractivity contribution < 1.29 is 9.53 Å². The fourth-order valence-corrected chi connectivity index (χ4v) is 2.74. The van der Waals surface area contributed by atoms with Crippen LogP contribution in [0.4, 0.5) is 0 Å². The molecule has 0 aromatic carbocycles. The van der Waals surface area contributed by atoms with Crippen LogP contribution in [0.25, 0.3) is 0 Å². The first-order valence-electron chi connectivity index (χ1n) is 4.59.